The summed E-state index contributed by atoms with van der Waals surface area (Å²) in [6.07, 6.45) is 1.15. The minimum Gasteiger partial charge on any atom is -0.618 e. The minimum atomic E-state index is -0.991. The zero-order chi connectivity index (χ0) is 19.8. The van der Waals surface area contributed by atoms with Crippen molar-refractivity contribution in [3.8, 4) is 11.3 Å². The molecule has 138 valence electrons. The van der Waals surface area contributed by atoms with Crippen LogP contribution >= 0.6 is 0 Å². The van der Waals surface area contributed by atoms with Crippen LogP contribution in [0.3, 0.4) is 0 Å². The van der Waals surface area contributed by atoms with Crippen molar-refractivity contribution >= 4 is 22.2 Å². The first-order valence-electron chi connectivity index (χ1n) is 8.47. The molecular weight excluding hydrogens is 362 g/mol. The van der Waals surface area contributed by atoms with Crippen molar-refractivity contribution in [1.29, 1.82) is 0 Å². The minimum absolute atomic E-state index is 0.0273. The summed E-state index contributed by atoms with van der Waals surface area (Å²) in [5.41, 5.74) is 6.43. The van der Waals surface area contributed by atoms with E-state index in [4.69, 9.17) is 5.73 Å². The van der Waals surface area contributed by atoms with Gasteiger partial charge in [-0.3, -0.25) is 4.79 Å². The van der Waals surface area contributed by atoms with E-state index in [0.717, 1.165) is 29.1 Å². The summed E-state index contributed by atoms with van der Waals surface area (Å²) in [6.45, 7) is 0. The number of halogens is 2. The monoisotopic (exact) mass is 376 g/mol. The molecule has 0 aliphatic carbocycles. The van der Waals surface area contributed by atoms with Crippen LogP contribution in [0.2, 0.25) is 0 Å². The molecule has 4 rings (SSSR count). The van der Waals surface area contributed by atoms with Crippen LogP contribution in [0, 0.1) is 16.8 Å². The largest absolute Gasteiger partial charge is 0.618 e. The van der Waals surface area contributed by atoms with Gasteiger partial charge in [-0.25, -0.2) is 8.78 Å². The second-order valence-corrected chi connectivity index (χ2v) is 6.30. The summed E-state index contributed by atoms with van der Waals surface area (Å²) < 4.78 is 27.8. The molecule has 4 aromatic rings. The van der Waals surface area contributed by atoms with E-state index in [2.05, 4.69) is 0 Å². The molecule has 0 fully saturated rings. The van der Waals surface area contributed by atoms with Crippen LogP contribution in [0.5, 0.6) is 0 Å². The van der Waals surface area contributed by atoms with Crippen LogP contribution in [-0.4, -0.2) is 5.78 Å². The van der Waals surface area contributed by atoms with Gasteiger partial charge in [-0.1, -0.05) is 36.4 Å². The van der Waals surface area contributed by atoms with Gasteiger partial charge in [0.1, 0.15) is 17.3 Å². The lowest BCUT2D eigenvalue weighted by molar-refractivity contribution is -0.593. The van der Waals surface area contributed by atoms with Crippen molar-refractivity contribution < 1.29 is 18.3 Å². The summed E-state index contributed by atoms with van der Waals surface area (Å²) in [5, 5.41) is 14.2. The van der Waals surface area contributed by atoms with Gasteiger partial charge in [0.25, 0.3) is 0 Å². The number of hydrogen-bond acceptors (Lipinski definition) is 3. The van der Waals surface area contributed by atoms with Crippen molar-refractivity contribution in [2.24, 2.45) is 0 Å². The third-order valence-corrected chi connectivity index (χ3v) is 4.61. The first-order valence-corrected chi connectivity index (χ1v) is 8.47. The molecule has 0 amide bonds. The highest BCUT2D eigenvalue weighted by Crippen LogP contribution is 2.32. The van der Waals surface area contributed by atoms with E-state index in [1.807, 2.05) is 30.3 Å². The molecule has 0 spiro atoms. The maximum Gasteiger partial charge on any atom is 0.248 e. The van der Waals surface area contributed by atoms with Crippen LogP contribution < -0.4 is 10.5 Å². The number of pyridine rings is 1. The van der Waals surface area contributed by atoms with E-state index in [1.54, 1.807) is 12.1 Å². The first kappa shape index (κ1) is 17.6. The van der Waals surface area contributed by atoms with Crippen LogP contribution in [-0.2, 0) is 0 Å². The predicted molar refractivity (Wildman–Crippen MR) is 103 cm³/mol. The highest BCUT2D eigenvalue weighted by Gasteiger charge is 2.25. The first-order chi connectivity index (χ1) is 13.5. The molecule has 3 aromatic carbocycles. The number of anilines is 1. The fourth-order valence-corrected chi connectivity index (χ4v) is 3.27. The molecule has 6 heteroatoms. The quantitative estimate of drug-likeness (QED) is 0.330. The summed E-state index contributed by atoms with van der Waals surface area (Å²) in [7, 11) is 0. The SMILES string of the molecule is Nc1c(C(=O)c2ccc(F)cc2F)cc[n+]([O-])c1-c1cccc2ccccc12. The van der Waals surface area contributed by atoms with Gasteiger partial charge in [0.15, 0.2) is 12.0 Å². The Morgan fingerprint density at radius 2 is 1.68 bits per heavy atom. The van der Waals surface area contributed by atoms with Crippen molar-refractivity contribution in [3.63, 3.8) is 0 Å². The molecular formula is C22H14F2N2O2. The van der Waals surface area contributed by atoms with Crippen LogP contribution in [0.15, 0.2) is 72.9 Å². The van der Waals surface area contributed by atoms with E-state index < -0.39 is 17.4 Å². The van der Waals surface area contributed by atoms with E-state index >= 15 is 0 Å². The van der Waals surface area contributed by atoms with Gasteiger partial charge in [-0.2, -0.15) is 4.73 Å². The van der Waals surface area contributed by atoms with Crippen LogP contribution in [0.1, 0.15) is 15.9 Å². The number of carbonyl (C=O) groups is 1. The van der Waals surface area contributed by atoms with Gasteiger partial charge in [0.2, 0.25) is 5.69 Å². The fourth-order valence-electron chi connectivity index (χ4n) is 3.27. The number of carbonyl (C=O) groups excluding carboxylic acids is 1. The number of aromatic nitrogens is 1. The molecule has 0 bridgehead atoms. The van der Waals surface area contributed by atoms with E-state index in [0.29, 0.717) is 16.4 Å². The highest BCUT2D eigenvalue weighted by atomic mass is 19.1. The Morgan fingerprint density at radius 3 is 2.46 bits per heavy atom. The summed E-state index contributed by atoms with van der Waals surface area (Å²) >= 11 is 0. The standard InChI is InChI=1S/C22H14F2N2O2/c23-14-8-9-17(19(24)12-14)22(27)18-10-11-26(28)21(20(18)25)16-7-3-5-13-4-1-2-6-15(13)16/h1-12H,25H2. The number of hydrogen-bond donors (Lipinski definition) is 1. The number of benzene rings is 3. The van der Waals surface area contributed by atoms with Crippen molar-refractivity contribution in [2.45, 2.75) is 0 Å². The van der Waals surface area contributed by atoms with Crippen molar-refractivity contribution in [3.05, 3.63) is 101 Å². The molecule has 0 unspecified atom stereocenters. The third kappa shape index (κ3) is 2.85. The number of nitrogens with zero attached hydrogens (tertiary/aromatic N) is 1. The average molecular weight is 376 g/mol. The van der Waals surface area contributed by atoms with Crippen molar-refractivity contribution in [1.82, 2.24) is 0 Å². The second kappa shape index (κ2) is 6.74. The van der Waals surface area contributed by atoms with E-state index in [-0.39, 0.29) is 22.5 Å². The maximum atomic E-state index is 14.1. The molecule has 0 saturated heterocycles. The van der Waals surface area contributed by atoms with Gasteiger partial charge in [-0.15, -0.1) is 0 Å². The Morgan fingerprint density at radius 1 is 0.929 bits per heavy atom. The average Bonchev–Trinajstić information content (AvgIpc) is 2.68. The normalized spacial score (nSPS) is 10.9. The highest BCUT2D eigenvalue weighted by molar-refractivity contribution is 6.13. The number of nitrogen functional groups attached to an aromatic ring is 1. The number of ketones is 1. The van der Waals surface area contributed by atoms with Gasteiger partial charge in [0, 0.05) is 12.1 Å². The lowest BCUT2D eigenvalue weighted by Crippen LogP contribution is -2.31. The Kier molecular flexibility index (Phi) is 4.24. The Balaban J connectivity index is 1.92. The van der Waals surface area contributed by atoms with Gasteiger partial charge >= 0.3 is 0 Å². The van der Waals surface area contributed by atoms with Gasteiger partial charge in [0.05, 0.1) is 16.7 Å². The molecule has 4 nitrogen and oxygen atoms in total. The van der Waals surface area contributed by atoms with E-state index in [1.165, 1.54) is 6.07 Å². The lowest BCUT2D eigenvalue weighted by Gasteiger charge is -2.13. The predicted octanol–water partition coefficient (Wildman–Crippen LogP) is 4.23. The molecule has 0 aliphatic rings. The number of nitrogens with two attached hydrogens (primary N) is 1. The zero-order valence-electron chi connectivity index (χ0n) is 14.5. The molecule has 1 heterocycles. The van der Waals surface area contributed by atoms with Crippen LogP contribution in [0.4, 0.5) is 14.5 Å². The lowest BCUT2D eigenvalue weighted by atomic mass is 9.96. The third-order valence-electron chi connectivity index (χ3n) is 4.61. The Bertz CT molecular complexity index is 1230. The molecule has 28 heavy (non-hydrogen) atoms. The maximum absolute atomic E-state index is 14.1. The summed E-state index contributed by atoms with van der Waals surface area (Å²) in [6, 6.07) is 16.8. The second-order valence-electron chi connectivity index (χ2n) is 6.30. The smallest absolute Gasteiger partial charge is 0.248 e. The van der Waals surface area contributed by atoms with E-state index in [9.17, 15) is 18.8 Å². The van der Waals surface area contributed by atoms with Gasteiger partial charge in [-0.05, 0) is 29.0 Å². The van der Waals surface area contributed by atoms with Gasteiger partial charge < -0.3 is 10.9 Å². The summed E-state index contributed by atoms with van der Waals surface area (Å²) in [4.78, 5) is 12.8. The zero-order valence-corrected chi connectivity index (χ0v) is 14.5. The molecule has 1 aromatic heterocycles. The topological polar surface area (TPSA) is 70.0 Å². The Hall–Kier alpha value is -3.80. The van der Waals surface area contributed by atoms with Crippen molar-refractivity contribution in [2.75, 3.05) is 5.73 Å². The molecule has 0 atom stereocenters. The fraction of sp³-hybridized carbons (Fsp3) is 0. The molecule has 0 aliphatic heterocycles. The Labute approximate surface area is 159 Å². The summed E-state index contributed by atoms with van der Waals surface area (Å²) in [5.74, 6) is -2.50. The van der Waals surface area contributed by atoms with Crippen LogP contribution in [0.25, 0.3) is 22.0 Å². The molecule has 0 saturated carbocycles. The number of rotatable bonds is 3. The molecule has 0 radical (unpaired) electrons. The molecule has 2 N–H and O–H groups in total. The number of fused-ring (bicyclic) bond motifs is 1.